The molecular formula is C15H19ClO5. The number of aliphatic hydroxyl groups is 1. The lowest BCUT2D eigenvalue weighted by Gasteiger charge is -2.27. The first-order valence-electron chi connectivity index (χ1n) is 6.76. The lowest BCUT2D eigenvalue weighted by molar-refractivity contribution is -0.162. The summed E-state index contributed by atoms with van der Waals surface area (Å²) in [5.41, 5.74) is -1.50. The van der Waals surface area contributed by atoms with Gasteiger partial charge in [0.1, 0.15) is 0 Å². The van der Waals surface area contributed by atoms with Crippen molar-refractivity contribution in [1.82, 2.24) is 0 Å². The van der Waals surface area contributed by atoms with Gasteiger partial charge in [-0.15, -0.1) is 0 Å². The van der Waals surface area contributed by atoms with Gasteiger partial charge in [0.15, 0.2) is 5.41 Å². The van der Waals surface area contributed by atoms with E-state index in [2.05, 4.69) is 0 Å². The van der Waals surface area contributed by atoms with Gasteiger partial charge in [-0.05, 0) is 43.9 Å². The van der Waals surface area contributed by atoms with Crippen molar-refractivity contribution in [2.75, 3.05) is 13.2 Å². The quantitative estimate of drug-likeness (QED) is 0.437. The van der Waals surface area contributed by atoms with Gasteiger partial charge in [0.05, 0.1) is 6.61 Å². The number of aliphatic carboxylic acids is 1. The lowest BCUT2D eigenvalue weighted by Crippen LogP contribution is -2.45. The topological polar surface area (TPSA) is 83.8 Å². The molecular weight excluding hydrogens is 296 g/mol. The molecule has 0 aliphatic heterocycles. The number of aliphatic hydroxyl groups excluding tert-OH is 1. The highest BCUT2D eigenvalue weighted by atomic mass is 35.5. The van der Waals surface area contributed by atoms with Gasteiger partial charge in [-0.25, -0.2) is 0 Å². The fourth-order valence-electron chi connectivity index (χ4n) is 2.19. The molecule has 0 amide bonds. The average Bonchev–Trinajstić information content (AvgIpc) is 2.43. The Morgan fingerprint density at radius 3 is 2.57 bits per heavy atom. The number of carboxylic acids is 1. The summed E-state index contributed by atoms with van der Waals surface area (Å²) in [6.45, 7) is 1.65. The van der Waals surface area contributed by atoms with Crippen molar-refractivity contribution in [3.8, 4) is 0 Å². The van der Waals surface area contributed by atoms with Crippen LogP contribution in [0.5, 0.6) is 0 Å². The van der Waals surface area contributed by atoms with Gasteiger partial charge in [-0.3, -0.25) is 9.59 Å². The summed E-state index contributed by atoms with van der Waals surface area (Å²) >= 11 is 5.91. The summed E-state index contributed by atoms with van der Waals surface area (Å²) in [5, 5.41) is 18.9. The van der Waals surface area contributed by atoms with Crippen molar-refractivity contribution in [3.63, 3.8) is 0 Å². The third-order valence-corrected chi connectivity index (χ3v) is 3.50. The van der Waals surface area contributed by atoms with Crippen LogP contribution in [0.25, 0.3) is 0 Å². The fourth-order valence-corrected chi connectivity index (χ4v) is 2.38. The van der Waals surface area contributed by atoms with Gasteiger partial charge >= 0.3 is 11.9 Å². The molecule has 1 atom stereocenters. The largest absolute Gasteiger partial charge is 0.480 e. The van der Waals surface area contributed by atoms with Crippen LogP contribution in [0.15, 0.2) is 24.3 Å². The van der Waals surface area contributed by atoms with Crippen molar-refractivity contribution in [3.05, 3.63) is 34.9 Å². The Morgan fingerprint density at radius 1 is 1.33 bits per heavy atom. The van der Waals surface area contributed by atoms with E-state index in [1.54, 1.807) is 25.1 Å². The van der Waals surface area contributed by atoms with E-state index in [1.165, 1.54) is 6.07 Å². The van der Waals surface area contributed by atoms with E-state index in [9.17, 15) is 14.7 Å². The number of unbranched alkanes of at least 4 members (excludes halogenated alkanes) is 1. The highest BCUT2D eigenvalue weighted by Gasteiger charge is 2.48. The molecule has 6 heteroatoms. The van der Waals surface area contributed by atoms with Crippen LogP contribution in [-0.4, -0.2) is 35.4 Å². The van der Waals surface area contributed by atoms with Crippen molar-refractivity contribution < 1.29 is 24.5 Å². The van der Waals surface area contributed by atoms with E-state index >= 15 is 0 Å². The summed E-state index contributed by atoms with van der Waals surface area (Å²) in [5.74, 6) is -2.08. The highest BCUT2D eigenvalue weighted by Crippen LogP contribution is 2.33. The lowest BCUT2D eigenvalue weighted by atomic mass is 9.76. The van der Waals surface area contributed by atoms with Gasteiger partial charge < -0.3 is 14.9 Å². The number of esters is 1. The Kier molecular flexibility index (Phi) is 6.65. The maximum absolute atomic E-state index is 12.3. The van der Waals surface area contributed by atoms with Gasteiger partial charge in [-0.2, -0.15) is 0 Å². The molecule has 5 nitrogen and oxygen atoms in total. The third kappa shape index (κ3) is 3.95. The molecule has 1 aromatic carbocycles. The number of rotatable bonds is 8. The number of carbonyl (C=O) groups is 2. The minimum absolute atomic E-state index is 0.0437. The number of ether oxygens (including phenoxy) is 1. The fraction of sp³-hybridized carbons (Fsp3) is 0.467. The molecule has 0 saturated carbocycles. The molecule has 1 unspecified atom stereocenters. The van der Waals surface area contributed by atoms with E-state index in [-0.39, 0.29) is 19.6 Å². The summed E-state index contributed by atoms with van der Waals surface area (Å²) in [4.78, 5) is 24.1. The minimum Gasteiger partial charge on any atom is -0.480 e. The second-order valence-corrected chi connectivity index (χ2v) is 5.06. The molecule has 21 heavy (non-hydrogen) atoms. The number of benzene rings is 1. The standard InChI is InChI=1S/C15H19ClO5/c1-2-21-14(20)15(13(18)19,8-3-4-9-17)11-6-5-7-12(16)10-11/h5-7,10,17H,2-4,8-9H2,1H3,(H,18,19). The van der Waals surface area contributed by atoms with Crippen molar-refractivity contribution in [2.24, 2.45) is 0 Å². The Morgan fingerprint density at radius 2 is 2.05 bits per heavy atom. The molecule has 1 aromatic rings. The van der Waals surface area contributed by atoms with Crippen LogP contribution in [0.3, 0.4) is 0 Å². The molecule has 0 heterocycles. The molecule has 116 valence electrons. The third-order valence-electron chi connectivity index (χ3n) is 3.27. The van der Waals surface area contributed by atoms with E-state index < -0.39 is 17.4 Å². The second kappa shape index (κ2) is 8.00. The maximum Gasteiger partial charge on any atom is 0.328 e. The maximum atomic E-state index is 12.3. The zero-order chi connectivity index (χ0) is 15.9. The molecule has 0 radical (unpaired) electrons. The van der Waals surface area contributed by atoms with Crippen LogP contribution in [0.1, 0.15) is 31.7 Å². The monoisotopic (exact) mass is 314 g/mol. The molecule has 0 spiro atoms. The molecule has 1 rings (SSSR count). The Labute approximate surface area is 128 Å². The Bertz CT molecular complexity index is 503. The average molecular weight is 315 g/mol. The van der Waals surface area contributed by atoms with E-state index in [4.69, 9.17) is 21.4 Å². The SMILES string of the molecule is CCOC(=O)C(CCCCO)(C(=O)O)c1cccc(Cl)c1. The zero-order valence-electron chi connectivity index (χ0n) is 11.8. The van der Waals surface area contributed by atoms with Crippen LogP contribution >= 0.6 is 11.6 Å². The van der Waals surface area contributed by atoms with Crippen LogP contribution in [0.4, 0.5) is 0 Å². The number of hydrogen-bond donors (Lipinski definition) is 2. The van der Waals surface area contributed by atoms with Gasteiger partial charge in [0.2, 0.25) is 0 Å². The molecule has 0 saturated heterocycles. The zero-order valence-corrected chi connectivity index (χ0v) is 12.6. The van der Waals surface area contributed by atoms with Gasteiger partial charge in [-0.1, -0.05) is 23.7 Å². The molecule has 0 fully saturated rings. The van der Waals surface area contributed by atoms with Crippen molar-refractivity contribution >= 4 is 23.5 Å². The van der Waals surface area contributed by atoms with Crippen LogP contribution in [-0.2, 0) is 19.7 Å². The molecule has 2 N–H and O–H groups in total. The van der Waals surface area contributed by atoms with Crippen molar-refractivity contribution in [2.45, 2.75) is 31.6 Å². The Hall–Kier alpha value is -1.59. The highest BCUT2D eigenvalue weighted by molar-refractivity contribution is 6.30. The number of hydrogen-bond acceptors (Lipinski definition) is 4. The summed E-state index contributed by atoms with van der Waals surface area (Å²) in [6, 6.07) is 6.22. The summed E-state index contributed by atoms with van der Waals surface area (Å²) in [6.07, 6.45) is 0.838. The number of halogens is 1. The number of carboxylic acid groups (broad SMARTS) is 1. The van der Waals surface area contributed by atoms with Crippen LogP contribution in [0, 0.1) is 0 Å². The van der Waals surface area contributed by atoms with E-state index in [0.717, 1.165) is 0 Å². The minimum atomic E-state index is -1.80. The second-order valence-electron chi connectivity index (χ2n) is 4.62. The summed E-state index contributed by atoms with van der Waals surface area (Å²) in [7, 11) is 0. The first-order valence-corrected chi connectivity index (χ1v) is 7.14. The number of carbonyl (C=O) groups excluding carboxylic acids is 1. The van der Waals surface area contributed by atoms with E-state index in [1.807, 2.05) is 0 Å². The predicted octanol–water partition coefficient (Wildman–Crippen LogP) is 2.39. The molecule has 0 aliphatic carbocycles. The van der Waals surface area contributed by atoms with Crippen molar-refractivity contribution in [1.29, 1.82) is 0 Å². The molecule has 0 aliphatic rings. The first kappa shape index (κ1) is 17.5. The molecule has 0 aromatic heterocycles. The first-order chi connectivity index (χ1) is 9.98. The summed E-state index contributed by atoms with van der Waals surface area (Å²) < 4.78 is 4.97. The van der Waals surface area contributed by atoms with E-state index in [0.29, 0.717) is 23.4 Å². The van der Waals surface area contributed by atoms with Crippen LogP contribution in [0.2, 0.25) is 5.02 Å². The Balaban J connectivity index is 3.29. The van der Waals surface area contributed by atoms with Crippen LogP contribution < -0.4 is 0 Å². The normalized spacial score (nSPS) is 13.5. The van der Waals surface area contributed by atoms with Gasteiger partial charge in [0, 0.05) is 11.6 Å². The predicted molar refractivity (Wildman–Crippen MR) is 78.3 cm³/mol. The van der Waals surface area contributed by atoms with Gasteiger partial charge in [0.25, 0.3) is 0 Å². The molecule has 0 bridgehead atoms. The smallest absolute Gasteiger partial charge is 0.328 e.